The molecule has 0 spiro atoms. The quantitative estimate of drug-likeness (QED) is 0.723. The molecule has 0 aromatic carbocycles. The molecule has 0 bridgehead atoms. The first-order chi connectivity index (χ1) is 8.24. The minimum Gasteiger partial charge on any atom is -0.467 e. The summed E-state index contributed by atoms with van der Waals surface area (Å²) in [6.45, 7) is 2.74. The number of hydrogen-bond acceptors (Lipinski definition) is 5. The van der Waals surface area contributed by atoms with Gasteiger partial charge >= 0.3 is 5.97 Å². The number of piperidine rings is 1. The van der Waals surface area contributed by atoms with Gasteiger partial charge in [0.05, 0.1) is 12.8 Å². The Morgan fingerprint density at radius 3 is 2.88 bits per heavy atom. The number of carbonyl (C=O) groups is 1. The van der Waals surface area contributed by atoms with E-state index in [4.69, 9.17) is 4.74 Å². The number of aromatic nitrogens is 2. The molecule has 0 radical (unpaired) electrons. The number of aryl methyl sites for hydroxylation is 1. The van der Waals surface area contributed by atoms with E-state index < -0.39 is 0 Å². The first-order valence-electron chi connectivity index (χ1n) is 5.86. The van der Waals surface area contributed by atoms with Crippen LogP contribution in [0.15, 0.2) is 12.4 Å². The average molecular weight is 235 g/mol. The van der Waals surface area contributed by atoms with Gasteiger partial charge in [-0.3, -0.25) is 4.98 Å². The summed E-state index contributed by atoms with van der Waals surface area (Å²) < 4.78 is 4.85. The lowest BCUT2D eigenvalue weighted by Crippen LogP contribution is -2.46. The molecule has 0 aliphatic carbocycles. The van der Waals surface area contributed by atoms with Gasteiger partial charge in [0, 0.05) is 18.9 Å². The number of ether oxygens (including phenoxy) is 1. The fourth-order valence-corrected chi connectivity index (χ4v) is 2.25. The molecule has 1 aliphatic rings. The van der Waals surface area contributed by atoms with Crippen LogP contribution in [0.3, 0.4) is 0 Å². The third kappa shape index (κ3) is 2.38. The highest BCUT2D eigenvalue weighted by Crippen LogP contribution is 2.25. The first kappa shape index (κ1) is 11.8. The number of rotatable bonds is 2. The van der Waals surface area contributed by atoms with Crippen molar-refractivity contribution in [3.63, 3.8) is 0 Å². The lowest BCUT2D eigenvalue weighted by Gasteiger charge is -2.35. The molecular weight excluding hydrogens is 218 g/mol. The SMILES string of the molecule is COC(=O)C1CCCCN1c1nccnc1C. The Morgan fingerprint density at radius 1 is 1.41 bits per heavy atom. The molecule has 1 aromatic heterocycles. The third-order valence-corrected chi connectivity index (χ3v) is 3.10. The minimum atomic E-state index is -0.218. The van der Waals surface area contributed by atoms with Crippen molar-refractivity contribution in [1.29, 1.82) is 0 Å². The van der Waals surface area contributed by atoms with Crippen molar-refractivity contribution >= 4 is 11.8 Å². The second kappa shape index (κ2) is 5.12. The van der Waals surface area contributed by atoms with Gasteiger partial charge in [0.15, 0.2) is 5.82 Å². The number of methoxy groups -OCH3 is 1. The van der Waals surface area contributed by atoms with E-state index in [1.54, 1.807) is 12.4 Å². The van der Waals surface area contributed by atoms with Crippen LogP contribution in [0.4, 0.5) is 5.82 Å². The van der Waals surface area contributed by atoms with Crippen LogP contribution in [0.2, 0.25) is 0 Å². The summed E-state index contributed by atoms with van der Waals surface area (Å²) in [4.78, 5) is 22.3. The van der Waals surface area contributed by atoms with Crippen LogP contribution in [-0.2, 0) is 9.53 Å². The maximum atomic E-state index is 11.7. The molecule has 2 rings (SSSR count). The molecule has 1 atom stereocenters. The zero-order valence-electron chi connectivity index (χ0n) is 10.2. The van der Waals surface area contributed by atoms with Crippen LogP contribution in [0.1, 0.15) is 25.0 Å². The number of nitrogens with zero attached hydrogens (tertiary/aromatic N) is 3. The molecule has 17 heavy (non-hydrogen) atoms. The highest BCUT2D eigenvalue weighted by Gasteiger charge is 2.31. The van der Waals surface area contributed by atoms with Crippen molar-refractivity contribution in [2.24, 2.45) is 0 Å². The predicted octanol–water partition coefficient (Wildman–Crippen LogP) is 1.32. The van der Waals surface area contributed by atoms with Crippen molar-refractivity contribution in [3.8, 4) is 0 Å². The van der Waals surface area contributed by atoms with Crippen molar-refractivity contribution < 1.29 is 9.53 Å². The maximum absolute atomic E-state index is 11.7. The molecule has 0 N–H and O–H groups in total. The standard InChI is InChI=1S/C12H17N3O2/c1-9-11(14-7-6-13-9)15-8-4-3-5-10(15)12(16)17-2/h6-7,10H,3-5,8H2,1-2H3. The molecule has 0 saturated carbocycles. The van der Waals surface area contributed by atoms with Crippen LogP contribution in [0.25, 0.3) is 0 Å². The lowest BCUT2D eigenvalue weighted by atomic mass is 10.0. The molecule has 1 aromatic rings. The Hall–Kier alpha value is -1.65. The second-order valence-electron chi connectivity index (χ2n) is 4.19. The van der Waals surface area contributed by atoms with E-state index in [0.717, 1.165) is 37.3 Å². The van der Waals surface area contributed by atoms with Gasteiger partial charge in [0.2, 0.25) is 0 Å². The Balaban J connectivity index is 2.28. The molecular formula is C12H17N3O2. The average Bonchev–Trinajstić information content (AvgIpc) is 2.38. The van der Waals surface area contributed by atoms with Gasteiger partial charge in [-0.2, -0.15) is 0 Å². The fraction of sp³-hybridized carbons (Fsp3) is 0.583. The van der Waals surface area contributed by atoms with E-state index in [0.29, 0.717) is 0 Å². The van der Waals surface area contributed by atoms with E-state index in [1.165, 1.54) is 7.11 Å². The lowest BCUT2D eigenvalue weighted by molar-refractivity contribution is -0.142. The summed E-state index contributed by atoms with van der Waals surface area (Å²) in [5.41, 5.74) is 0.850. The smallest absolute Gasteiger partial charge is 0.328 e. The van der Waals surface area contributed by atoms with Crippen molar-refractivity contribution in [1.82, 2.24) is 9.97 Å². The predicted molar refractivity (Wildman–Crippen MR) is 63.8 cm³/mol. The molecule has 0 amide bonds. The Morgan fingerprint density at radius 2 is 2.18 bits per heavy atom. The summed E-state index contributed by atoms with van der Waals surface area (Å²) >= 11 is 0. The summed E-state index contributed by atoms with van der Waals surface area (Å²) in [7, 11) is 1.43. The molecule has 1 unspecified atom stereocenters. The third-order valence-electron chi connectivity index (χ3n) is 3.10. The van der Waals surface area contributed by atoms with E-state index in [-0.39, 0.29) is 12.0 Å². The second-order valence-corrected chi connectivity index (χ2v) is 4.19. The number of carbonyl (C=O) groups excluding carboxylic acids is 1. The van der Waals surface area contributed by atoms with Crippen molar-refractivity contribution in [2.45, 2.75) is 32.2 Å². The largest absolute Gasteiger partial charge is 0.467 e. The van der Waals surface area contributed by atoms with E-state index in [9.17, 15) is 4.79 Å². The highest BCUT2D eigenvalue weighted by atomic mass is 16.5. The Bertz CT molecular complexity index is 408. The summed E-state index contributed by atoms with van der Waals surface area (Å²) in [5, 5.41) is 0. The van der Waals surface area contributed by atoms with E-state index in [1.807, 2.05) is 11.8 Å². The molecule has 1 fully saturated rings. The van der Waals surface area contributed by atoms with Crippen LogP contribution < -0.4 is 4.90 Å². The minimum absolute atomic E-state index is 0.185. The van der Waals surface area contributed by atoms with Gasteiger partial charge in [-0.15, -0.1) is 0 Å². The van der Waals surface area contributed by atoms with Gasteiger partial charge in [-0.1, -0.05) is 0 Å². The molecule has 1 aliphatic heterocycles. The van der Waals surface area contributed by atoms with E-state index >= 15 is 0 Å². The summed E-state index contributed by atoms with van der Waals surface area (Å²) in [6.07, 6.45) is 6.27. The van der Waals surface area contributed by atoms with Gasteiger partial charge < -0.3 is 9.64 Å². The number of anilines is 1. The first-order valence-corrected chi connectivity index (χ1v) is 5.86. The zero-order valence-corrected chi connectivity index (χ0v) is 10.2. The van der Waals surface area contributed by atoms with Crippen LogP contribution in [0.5, 0.6) is 0 Å². The maximum Gasteiger partial charge on any atom is 0.328 e. The molecule has 92 valence electrons. The highest BCUT2D eigenvalue weighted by molar-refractivity contribution is 5.80. The fourth-order valence-electron chi connectivity index (χ4n) is 2.25. The van der Waals surface area contributed by atoms with Crippen molar-refractivity contribution in [2.75, 3.05) is 18.6 Å². The van der Waals surface area contributed by atoms with Gasteiger partial charge in [-0.05, 0) is 26.2 Å². The van der Waals surface area contributed by atoms with Gasteiger partial charge in [0.25, 0.3) is 0 Å². The molecule has 5 nitrogen and oxygen atoms in total. The number of esters is 1. The number of hydrogen-bond donors (Lipinski definition) is 0. The van der Waals surface area contributed by atoms with Crippen LogP contribution in [-0.4, -0.2) is 35.6 Å². The van der Waals surface area contributed by atoms with Crippen molar-refractivity contribution in [3.05, 3.63) is 18.1 Å². The summed E-state index contributed by atoms with van der Waals surface area (Å²) in [6, 6.07) is -0.218. The topological polar surface area (TPSA) is 55.3 Å². The zero-order chi connectivity index (χ0) is 12.3. The monoisotopic (exact) mass is 235 g/mol. The molecule has 2 heterocycles. The summed E-state index contributed by atoms with van der Waals surface area (Å²) in [5.74, 6) is 0.609. The van der Waals surface area contributed by atoms with Gasteiger partial charge in [-0.25, -0.2) is 9.78 Å². The Labute approximate surface area is 101 Å². The normalized spacial score (nSPS) is 20.1. The van der Waals surface area contributed by atoms with Crippen LogP contribution >= 0.6 is 0 Å². The van der Waals surface area contributed by atoms with Crippen LogP contribution in [0, 0.1) is 6.92 Å². The molecule has 1 saturated heterocycles. The molecule has 5 heteroatoms. The van der Waals surface area contributed by atoms with E-state index in [2.05, 4.69) is 9.97 Å². The Kier molecular flexibility index (Phi) is 3.56. The van der Waals surface area contributed by atoms with Gasteiger partial charge in [0.1, 0.15) is 6.04 Å².